The van der Waals surface area contributed by atoms with Crippen molar-refractivity contribution in [1.82, 2.24) is 10.2 Å². The lowest BCUT2D eigenvalue weighted by molar-refractivity contribution is -0.122. The summed E-state index contributed by atoms with van der Waals surface area (Å²) in [7, 11) is 0. The fourth-order valence-corrected chi connectivity index (χ4v) is 1.95. The monoisotopic (exact) mass is 297 g/mol. The third-order valence-electron chi connectivity index (χ3n) is 2.70. The quantitative estimate of drug-likeness (QED) is 0.815. The molecule has 2 amide bonds. The van der Waals surface area contributed by atoms with Gasteiger partial charge in [0, 0.05) is 23.3 Å². The molecule has 0 aliphatic heterocycles. The molecule has 0 spiro atoms. The summed E-state index contributed by atoms with van der Waals surface area (Å²) in [6, 6.07) is 4.74. The van der Waals surface area contributed by atoms with Crippen LogP contribution in [0.4, 0.5) is 5.69 Å². The van der Waals surface area contributed by atoms with Crippen molar-refractivity contribution in [2.24, 2.45) is 0 Å². The van der Waals surface area contributed by atoms with Crippen molar-refractivity contribution in [3.8, 4) is 0 Å². The zero-order valence-electron chi connectivity index (χ0n) is 11.9. The molecule has 0 saturated heterocycles. The molecule has 0 bridgehead atoms. The minimum Gasteiger partial charge on any atom is -0.398 e. The van der Waals surface area contributed by atoms with Gasteiger partial charge >= 0.3 is 0 Å². The number of likely N-dealkylation sites (N-methyl/N-ethyl adjacent to an activating group) is 1. The van der Waals surface area contributed by atoms with Gasteiger partial charge in [0.2, 0.25) is 5.91 Å². The van der Waals surface area contributed by atoms with Crippen molar-refractivity contribution in [2.75, 3.05) is 18.8 Å². The normalized spacial score (nSPS) is 10.4. The number of nitrogens with two attached hydrogens (primary N) is 1. The van der Waals surface area contributed by atoms with Crippen molar-refractivity contribution >= 4 is 29.1 Å². The third kappa shape index (κ3) is 4.42. The fraction of sp³-hybridized carbons (Fsp3) is 0.429. The summed E-state index contributed by atoms with van der Waals surface area (Å²) in [6.07, 6.45) is 0. The number of nitrogens with one attached hydrogen (secondary N) is 1. The summed E-state index contributed by atoms with van der Waals surface area (Å²) >= 11 is 5.81. The van der Waals surface area contributed by atoms with Gasteiger partial charge in [-0.3, -0.25) is 9.59 Å². The Balaban J connectivity index is 2.84. The van der Waals surface area contributed by atoms with Crippen LogP contribution < -0.4 is 11.1 Å². The highest BCUT2D eigenvalue weighted by molar-refractivity contribution is 6.31. The maximum atomic E-state index is 12.4. The number of benzene rings is 1. The third-order valence-corrected chi connectivity index (χ3v) is 2.93. The largest absolute Gasteiger partial charge is 0.398 e. The molecule has 3 N–H and O–H groups in total. The molecule has 20 heavy (non-hydrogen) atoms. The first-order valence-corrected chi connectivity index (χ1v) is 6.86. The van der Waals surface area contributed by atoms with Crippen molar-refractivity contribution < 1.29 is 9.59 Å². The summed E-state index contributed by atoms with van der Waals surface area (Å²) in [5.74, 6) is -0.469. The van der Waals surface area contributed by atoms with Crippen LogP contribution in [0.15, 0.2) is 18.2 Å². The molecule has 0 unspecified atom stereocenters. The topological polar surface area (TPSA) is 75.4 Å². The predicted molar refractivity (Wildman–Crippen MR) is 80.7 cm³/mol. The molecule has 0 fully saturated rings. The van der Waals surface area contributed by atoms with Crippen molar-refractivity contribution in [3.63, 3.8) is 0 Å². The Bertz CT molecular complexity index is 503. The van der Waals surface area contributed by atoms with Gasteiger partial charge in [-0.25, -0.2) is 0 Å². The first kappa shape index (κ1) is 16.3. The Kier molecular flexibility index (Phi) is 5.82. The maximum Gasteiger partial charge on any atom is 0.256 e. The van der Waals surface area contributed by atoms with E-state index in [1.807, 2.05) is 20.8 Å². The van der Waals surface area contributed by atoms with E-state index in [1.165, 1.54) is 11.0 Å². The van der Waals surface area contributed by atoms with Crippen LogP contribution in [0.5, 0.6) is 0 Å². The molecule has 0 saturated carbocycles. The molecule has 1 aromatic carbocycles. The lowest BCUT2D eigenvalue weighted by Crippen LogP contribution is -2.42. The predicted octanol–water partition coefficient (Wildman–Crippen LogP) is 1.91. The first-order valence-electron chi connectivity index (χ1n) is 6.48. The van der Waals surface area contributed by atoms with Crippen LogP contribution in [0.25, 0.3) is 0 Å². The standard InChI is InChI=1S/C14H20ClN3O2/c1-4-18(8-13(19)17-9(2)3)14(20)11-6-5-10(15)7-12(11)16/h5-7,9H,4,8,16H2,1-3H3,(H,17,19). The van der Waals surface area contributed by atoms with Gasteiger partial charge in [0.25, 0.3) is 5.91 Å². The molecule has 0 aliphatic rings. The van der Waals surface area contributed by atoms with Gasteiger partial charge in [-0.15, -0.1) is 0 Å². The second kappa shape index (κ2) is 7.14. The minimum atomic E-state index is -0.277. The van der Waals surface area contributed by atoms with Gasteiger partial charge in [0.1, 0.15) is 0 Å². The Morgan fingerprint density at radius 1 is 1.40 bits per heavy atom. The summed E-state index contributed by atoms with van der Waals surface area (Å²) in [6.45, 7) is 5.98. The summed E-state index contributed by atoms with van der Waals surface area (Å²) in [5.41, 5.74) is 6.46. The van der Waals surface area contributed by atoms with Crippen LogP contribution in [0.2, 0.25) is 5.02 Å². The van der Waals surface area contributed by atoms with Crippen LogP contribution in [-0.2, 0) is 4.79 Å². The zero-order valence-corrected chi connectivity index (χ0v) is 12.7. The molecular formula is C14H20ClN3O2. The van der Waals surface area contributed by atoms with Gasteiger partial charge < -0.3 is 16.0 Å². The Morgan fingerprint density at radius 3 is 2.55 bits per heavy atom. The van der Waals surface area contributed by atoms with E-state index < -0.39 is 0 Å². The van der Waals surface area contributed by atoms with Gasteiger partial charge in [-0.2, -0.15) is 0 Å². The highest BCUT2D eigenvalue weighted by atomic mass is 35.5. The number of nitrogen functional groups attached to an aromatic ring is 1. The molecule has 6 heteroatoms. The fourth-order valence-electron chi connectivity index (χ4n) is 1.77. The van der Waals surface area contributed by atoms with Crippen LogP contribution >= 0.6 is 11.6 Å². The number of amides is 2. The molecule has 0 aliphatic carbocycles. The molecule has 110 valence electrons. The number of hydrogen-bond donors (Lipinski definition) is 2. The molecule has 5 nitrogen and oxygen atoms in total. The number of carbonyl (C=O) groups excluding carboxylic acids is 2. The smallest absolute Gasteiger partial charge is 0.256 e. The highest BCUT2D eigenvalue weighted by Gasteiger charge is 2.19. The van der Waals surface area contributed by atoms with E-state index in [4.69, 9.17) is 17.3 Å². The molecule has 0 heterocycles. The molecular weight excluding hydrogens is 278 g/mol. The SMILES string of the molecule is CCN(CC(=O)NC(C)C)C(=O)c1ccc(Cl)cc1N. The number of halogens is 1. The van der Waals surface area contributed by atoms with Gasteiger partial charge in [-0.05, 0) is 39.0 Å². The Morgan fingerprint density at radius 2 is 2.05 bits per heavy atom. The Hall–Kier alpha value is -1.75. The second-order valence-electron chi connectivity index (χ2n) is 4.77. The number of nitrogens with zero attached hydrogens (tertiary/aromatic N) is 1. The number of anilines is 1. The highest BCUT2D eigenvalue weighted by Crippen LogP contribution is 2.19. The van der Waals surface area contributed by atoms with E-state index in [-0.39, 0.29) is 24.4 Å². The maximum absolute atomic E-state index is 12.4. The van der Waals surface area contributed by atoms with E-state index in [1.54, 1.807) is 12.1 Å². The van der Waals surface area contributed by atoms with Crippen LogP contribution in [0, 0.1) is 0 Å². The zero-order chi connectivity index (χ0) is 15.3. The van der Waals surface area contributed by atoms with Crippen molar-refractivity contribution in [3.05, 3.63) is 28.8 Å². The summed E-state index contributed by atoms with van der Waals surface area (Å²) in [5, 5.41) is 3.22. The molecule has 0 aromatic heterocycles. The number of hydrogen-bond acceptors (Lipinski definition) is 3. The van der Waals surface area contributed by atoms with E-state index >= 15 is 0 Å². The van der Waals surface area contributed by atoms with E-state index in [9.17, 15) is 9.59 Å². The molecule has 0 atom stereocenters. The first-order chi connectivity index (χ1) is 9.35. The second-order valence-corrected chi connectivity index (χ2v) is 5.21. The van der Waals surface area contributed by atoms with Gasteiger partial charge in [0.05, 0.1) is 12.1 Å². The molecule has 1 rings (SSSR count). The average Bonchev–Trinajstić information content (AvgIpc) is 2.34. The van der Waals surface area contributed by atoms with Crippen LogP contribution in [-0.4, -0.2) is 35.8 Å². The van der Waals surface area contributed by atoms with Crippen LogP contribution in [0.1, 0.15) is 31.1 Å². The van der Waals surface area contributed by atoms with Gasteiger partial charge in [0.15, 0.2) is 0 Å². The van der Waals surface area contributed by atoms with E-state index in [0.717, 1.165) is 0 Å². The van der Waals surface area contributed by atoms with E-state index in [2.05, 4.69) is 5.32 Å². The molecule has 1 aromatic rings. The van der Waals surface area contributed by atoms with Crippen molar-refractivity contribution in [2.45, 2.75) is 26.8 Å². The van der Waals surface area contributed by atoms with Crippen molar-refractivity contribution in [1.29, 1.82) is 0 Å². The lowest BCUT2D eigenvalue weighted by Gasteiger charge is -2.22. The molecule has 0 radical (unpaired) electrons. The number of carbonyl (C=O) groups is 2. The van der Waals surface area contributed by atoms with E-state index in [0.29, 0.717) is 22.8 Å². The average molecular weight is 298 g/mol. The van der Waals surface area contributed by atoms with Crippen LogP contribution in [0.3, 0.4) is 0 Å². The Labute approximate surface area is 124 Å². The summed E-state index contributed by atoms with van der Waals surface area (Å²) < 4.78 is 0. The number of rotatable bonds is 5. The summed E-state index contributed by atoms with van der Waals surface area (Å²) in [4.78, 5) is 25.5. The van der Waals surface area contributed by atoms with Gasteiger partial charge in [-0.1, -0.05) is 11.6 Å². The minimum absolute atomic E-state index is 0.00950. The lowest BCUT2D eigenvalue weighted by atomic mass is 10.1.